The van der Waals surface area contributed by atoms with Crippen molar-refractivity contribution < 1.29 is 4.42 Å². The standard InChI is InChI=1S/C19H18N4OS2/c1-14-17(21-18(24-14)15-6-3-2-4-7-15)12-26-19-22-20-13-23(19)10-9-16-8-5-11-25-16/h2-8,11,13H,9-10,12H2,1H3. The second-order valence-electron chi connectivity index (χ2n) is 5.81. The minimum absolute atomic E-state index is 0.665. The van der Waals surface area contributed by atoms with Gasteiger partial charge in [-0.15, -0.1) is 21.5 Å². The molecule has 0 unspecified atom stereocenters. The highest BCUT2D eigenvalue weighted by Crippen LogP contribution is 2.26. The van der Waals surface area contributed by atoms with Gasteiger partial charge in [0.05, 0.1) is 5.69 Å². The average molecular weight is 383 g/mol. The molecule has 0 atom stereocenters. The topological polar surface area (TPSA) is 56.7 Å². The highest BCUT2D eigenvalue weighted by Gasteiger charge is 2.13. The summed E-state index contributed by atoms with van der Waals surface area (Å²) in [5, 5.41) is 11.3. The molecule has 4 rings (SSSR count). The molecule has 7 heteroatoms. The Hall–Kier alpha value is -2.38. The van der Waals surface area contributed by atoms with Crippen molar-refractivity contribution in [3.63, 3.8) is 0 Å². The van der Waals surface area contributed by atoms with E-state index in [0.717, 1.165) is 35.1 Å². The first kappa shape index (κ1) is 17.1. The normalized spacial score (nSPS) is 11.1. The van der Waals surface area contributed by atoms with Gasteiger partial charge in [-0.25, -0.2) is 4.98 Å². The van der Waals surface area contributed by atoms with Crippen molar-refractivity contribution in [2.24, 2.45) is 0 Å². The van der Waals surface area contributed by atoms with Crippen LogP contribution in [0.25, 0.3) is 11.5 Å². The monoisotopic (exact) mass is 382 g/mol. The van der Waals surface area contributed by atoms with Gasteiger partial charge in [0.25, 0.3) is 0 Å². The second kappa shape index (κ2) is 7.88. The summed E-state index contributed by atoms with van der Waals surface area (Å²) in [5.74, 6) is 2.22. The van der Waals surface area contributed by atoms with E-state index in [-0.39, 0.29) is 0 Å². The molecule has 0 radical (unpaired) electrons. The van der Waals surface area contributed by atoms with Crippen LogP contribution in [-0.4, -0.2) is 19.7 Å². The molecule has 5 nitrogen and oxygen atoms in total. The molecule has 1 aromatic carbocycles. The molecule has 26 heavy (non-hydrogen) atoms. The Bertz CT molecular complexity index is 961. The zero-order chi connectivity index (χ0) is 17.8. The molecular formula is C19H18N4OS2. The Morgan fingerprint density at radius 1 is 1.15 bits per heavy atom. The zero-order valence-electron chi connectivity index (χ0n) is 14.3. The lowest BCUT2D eigenvalue weighted by molar-refractivity contribution is 0.540. The lowest BCUT2D eigenvalue weighted by Crippen LogP contribution is -2.01. The second-order valence-corrected chi connectivity index (χ2v) is 7.79. The zero-order valence-corrected chi connectivity index (χ0v) is 16.0. The Morgan fingerprint density at radius 3 is 2.85 bits per heavy atom. The van der Waals surface area contributed by atoms with Gasteiger partial charge in [-0.3, -0.25) is 0 Å². The maximum Gasteiger partial charge on any atom is 0.226 e. The third kappa shape index (κ3) is 3.89. The predicted molar refractivity (Wildman–Crippen MR) is 104 cm³/mol. The van der Waals surface area contributed by atoms with E-state index in [9.17, 15) is 0 Å². The fourth-order valence-corrected chi connectivity index (χ4v) is 4.24. The average Bonchev–Trinajstić information content (AvgIpc) is 3.40. The molecule has 0 aliphatic heterocycles. The highest BCUT2D eigenvalue weighted by atomic mass is 32.2. The Labute approximate surface area is 160 Å². The van der Waals surface area contributed by atoms with Gasteiger partial charge >= 0.3 is 0 Å². The van der Waals surface area contributed by atoms with Crippen LogP contribution in [0.4, 0.5) is 0 Å². The summed E-state index contributed by atoms with van der Waals surface area (Å²) in [6.45, 7) is 2.83. The number of thiophene rings is 1. The number of nitrogens with zero attached hydrogens (tertiary/aromatic N) is 4. The molecule has 0 aliphatic carbocycles. The molecule has 4 aromatic rings. The first-order valence-corrected chi connectivity index (χ1v) is 10.2. The molecule has 0 aliphatic rings. The first-order valence-electron chi connectivity index (χ1n) is 8.34. The smallest absolute Gasteiger partial charge is 0.226 e. The number of hydrogen-bond acceptors (Lipinski definition) is 6. The van der Waals surface area contributed by atoms with Crippen LogP contribution >= 0.6 is 23.1 Å². The van der Waals surface area contributed by atoms with E-state index in [2.05, 4.69) is 37.3 Å². The number of oxazole rings is 1. The maximum absolute atomic E-state index is 5.83. The van der Waals surface area contributed by atoms with Crippen molar-refractivity contribution in [3.05, 3.63) is 70.5 Å². The van der Waals surface area contributed by atoms with Crippen LogP contribution in [0.5, 0.6) is 0 Å². The summed E-state index contributed by atoms with van der Waals surface area (Å²) in [6, 6.07) is 14.2. The largest absolute Gasteiger partial charge is 0.441 e. The molecule has 0 spiro atoms. The molecule has 3 aromatic heterocycles. The van der Waals surface area contributed by atoms with Crippen molar-refractivity contribution in [2.75, 3.05) is 0 Å². The van der Waals surface area contributed by atoms with Crippen molar-refractivity contribution in [1.82, 2.24) is 19.7 Å². The number of aromatic nitrogens is 4. The van der Waals surface area contributed by atoms with Crippen LogP contribution < -0.4 is 0 Å². The van der Waals surface area contributed by atoms with Gasteiger partial charge in [0, 0.05) is 22.7 Å². The third-order valence-corrected chi connectivity index (χ3v) is 5.94. The van der Waals surface area contributed by atoms with Crippen LogP contribution in [0.15, 0.2) is 63.7 Å². The van der Waals surface area contributed by atoms with Crippen LogP contribution in [0.2, 0.25) is 0 Å². The number of aryl methyl sites for hydroxylation is 3. The van der Waals surface area contributed by atoms with Crippen LogP contribution in [0, 0.1) is 6.92 Å². The summed E-state index contributed by atoms with van der Waals surface area (Å²) in [5.41, 5.74) is 1.94. The summed E-state index contributed by atoms with van der Waals surface area (Å²) in [4.78, 5) is 6.02. The Kier molecular flexibility index (Phi) is 5.17. The molecule has 0 saturated heterocycles. The van der Waals surface area contributed by atoms with E-state index in [1.807, 2.05) is 37.3 Å². The third-order valence-electron chi connectivity index (χ3n) is 4.01. The summed E-state index contributed by atoms with van der Waals surface area (Å²) >= 11 is 3.42. The van der Waals surface area contributed by atoms with Crippen molar-refractivity contribution in [2.45, 2.75) is 30.8 Å². The maximum atomic E-state index is 5.83. The van der Waals surface area contributed by atoms with E-state index in [1.165, 1.54) is 4.88 Å². The van der Waals surface area contributed by atoms with Gasteiger partial charge in [0.2, 0.25) is 5.89 Å². The molecule has 132 valence electrons. The van der Waals surface area contributed by atoms with Crippen LogP contribution in [0.3, 0.4) is 0 Å². The number of thioether (sulfide) groups is 1. The number of hydrogen-bond donors (Lipinski definition) is 0. The molecular weight excluding hydrogens is 364 g/mol. The molecule has 0 saturated carbocycles. The molecule has 0 amide bonds. The van der Waals surface area contributed by atoms with Gasteiger partial charge < -0.3 is 8.98 Å². The molecule has 0 fully saturated rings. The number of rotatable bonds is 7. The van der Waals surface area contributed by atoms with Gasteiger partial charge in [-0.05, 0) is 36.9 Å². The molecule has 3 heterocycles. The van der Waals surface area contributed by atoms with Crippen molar-refractivity contribution in [1.29, 1.82) is 0 Å². The van der Waals surface area contributed by atoms with Gasteiger partial charge in [0.1, 0.15) is 12.1 Å². The minimum Gasteiger partial charge on any atom is -0.441 e. The summed E-state index contributed by atoms with van der Waals surface area (Å²) < 4.78 is 7.93. The quantitative estimate of drug-likeness (QED) is 0.428. The van der Waals surface area contributed by atoms with Crippen LogP contribution in [0.1, 0.15) is 16.3 Å². The van der Waals surface area contributed by atoms with Crippen molar-refractivity contribution in [3.8, 4) is 11.5 Å². The van der Waals surface area contributed by atoms with E-state index in [4.69, 9.17) is 4.42 Å². The first-order chi connectivity index (χ1) is 12.8. The molecule has 0 bridgehead atoms. The van der Waals surface area contributed by atoms with Crippen LogP contribution in [-0.2, 0) is 18.7 Å². The van der Waals surface area contributed by atoms with E-state index in [1.54, 1.807) is 29.4 Å². The Balaban J connectivity index is 1.42. The lowest BCUT2D eigenvalue weighted by Gasteiger charge is -2.04. The Morgan fingerprint density at radius 2 is 2.04 bits per heavy atom. The predicted octanol–water partition coefficient (Wildman–Crippen LogP) is 4.84. The fraction of sp³-hybridized carbons (Fsp3) is 0.211. The van der Waals surface area contributed by atoms with Crippen molar-refractivity contribution >= 4 is 23.1 Å². The highest BCUT2D eigenvalue weighted by molar-refractivity contribution is 7.98. The van der Waals surface area contributed by atoms with E-state index < -0.39 is 0 Å². The van der Waals surface area contributed by atoms with Gasteiger partial charge in [-0.1, -0.05) is 36.0 Å². The van der Waals surface area contributed by atoms with Gasteiger partial charge in [0.15, 0.2) is 5.16 Å². The van der Waals surface area contributed by atoms with E-state index in [0.29, 0.717) is 11.6 Å². The fourth-order valence-electron chi connectivity index (χ4n) is 2.59. The molecule has 0 N–H and O–H groups in total. The lowest BCUT2D eigenvalue weighted by atomic mass is 10.2. The van der Waals surface area contributed by atoms with Gasteiger partial charge in [-0.2, -0.15) is 0 Å². The minimum atomic E-state index is 0.665. The van der Waals surface area contributed by atoms with E-state index >= 15 is 0 Å². The SMILES string of the molecule is Cc1oc(-c2ccccc2)nc1CSc1nncn1CCc1cccs1. The number of benzene rings is 1. The summed E-state index contributed by atoms with van der Waals surface area (Å²) in [6.07, 6.45) is 2.78. The summed E-state index contributed by atoms with van der Waals surface area (Å²) in [7, 11) is 0.